The Labute approximate surface area is 209 Å². The first-order valence-electron chi connectivity index (χ1n) is 13.2. The van der Waals surface area contributed by atoms with Gasteiger partial charge in [0.25, 0.3) is 5.91 Å². The minimum atomic E-state index is 0.164. The number of pyridine rings is 1. The number of fused-ring (bicyclic) bond motifs is 1. The molecule has 0 spiro atoms. The van der Waals surface area contributed by atoms with Gasteiger partial charge in [0.1, 0.15) is 5.82 Å². The number of hydrogen-bond donors (Lipinski definition) is 0. The van der Waals surface area contributed by atoms with E-state index in [1.54, 1.807) is 0 Å². The van der Waals surface area contributed by atoms with Gasteiger partial charge in [-0.25, -0.2) is 4.98 Å². The molecule has 5 rings (SSSR count). The van der Waals surface area contributed by atoms with Crippen LogP contribution in [0.3, 0.4) is 0 Å². The van der Waals surface area contributed by atoms with Crippen molar-refractivity contribution in [2.45, 2.75) is 46.7 Å². The molecule has 2 aliphatic rings. The first kappa shape index (κ1) is 23.9. The molecule has 3 aromatic rings. The average molecular weight is 474 g/mol. The van der Waals surface area contributed by atoms with E-state index in [9.17, 15) is 4.79 Å². The highest BCUT2D eigenvalue weighted by atomic mass is 16.2. The van der Waals surface area contributed by atoms with Gasteiger partial charge in [-0.1, -0.05) is 33.8 Å². The second-order valence-corrected chi connectivity index (χ2v) is 11.1. The van der Waals surface area contributed by atoms with E-state index in [1.165, 1.54) is 16.6 Å². The Morgan fingerprint density at radius 2 is 1.74 bits per heavy atom. The zero-order valence-electron chi connectivity index (χ0n) is 21.7. The summed E-state index contributed by atoms with van der Waals surface area (Å²) >= 11 is 0. The molecule has 2 aliphatic heterocycles. The van der Waals surface area contributed by atoms with Crippen LogP contribution in [0, 0.1) is 11.8 Å². The fourth-order valence-electron chi connectivity index (χ4n) is 5.52. The van der Waals surface area contributed by atoms with Crippen molar-refractivity contribution in [3.05, 3.63) is 59.9 Å². The van der Waals surface area contributed by atoms with Crippen molar-refractivity contribution in [3.63, 3.8) is 0 Å². The lowest BCUT2D eigenvalue weighted by Crippen LogP contribution is -2.64. The molecule has 35 heavy (non-hydrogen) atoms. The van der Waals surface area contributed by atoms with E-state index in [1.807, 2.05) is 29.3 Å². The van der Waals surface area contributed by atoms with Crippen molar-refractivity contribution in [1.82, 2.24) is 19.4 Å². The third-order valence-electron chi connectivity index (χ3n) is 7.35. The van der Waals surface area contributed by atoms with Crippen molar-refractivity contribution in [1.29, 1.82) is 0 Å². The summed E-state index contributed by atoms with van der Waals surface area (Å²) in [6.07, 6.45) is 2.92. The molecule has 0 bridgehead atoms. The van der Waals surface area contributed by atoms with Crippen LogP contribution in [-0.4, -0.2) is 70.6 Å². The molecule has 0 N–H and O–H groups in total. The van der Waals surface area contributed by atoms with E-state index in [-0.39, 0.29) is 5.91 Å². The molecule has 0 saturated carbocycles. The standard InChI is InChI=1S/C29H39N5O/c1-21(2)15-25-17-24-16-23(8-9-27(24)34(25)18-22(3)4)29(35)33-19-26(20-33)31-11-13-32(14-12-31)28-7-5-6-10-30-28/h5-10,16-17,21-22,26H,11-15,18-20H2,1-4H3. The summed E-state index contributed by atoms with van der Waals surface area (Å²) in [7, 11) is 0. The Morgan fingerprint density at radius 1 is 0.971 bits per heavy atom. The molecule has 6 nitrogen and oxygen atoms in total. The first-order chi connectivity index (χ1) is 16.9. The Kier molecular flexibility index (Phi) is 6.83. The molecular formula is C29H39N5O. The van der Waals surface area contributed by atoms with Crippen LogP contribution >= 0.6 is 0 Å². The summed E-state index contributed by atoms with van der Waals surface area (Å²) < 4.78 is 2.46. The van der Waals surface area contributed by atoms with Gasteiger partial charge in [0, 0.05) is 80.2 Å². The molecule has 0 atom stereocenters. The smallest absolute Gasteiger partial charge is 0.253 e. The van der Waals surface area contributed by atoms with E-state index in [0.29, 0.717) is 17.9 Å². The minimum absolute atomic E-state index is 0.164. The van der Waals surface area contributed by atoms with Gasteiger partial charge in [-0.2, -0.15) is 0 Å². The highest BCUT2D eigenvalue weighted by molar-refractivity contribution is 5.98. The number of hydrogen-bond acceptors (Lipinski definition) is 4. The van der Waals surface area contributed by atoms with Crippen molar-refractivity contribution in [2.75, 3.05) is 44.2 Å². The summed E-state index contributed by atoms with van der Waals surface area (Å²) in [5, 5.41) is 1.19. The maximum Gasteiger partial charge on any atom is 0.253 e. The fourth-order valence-corrected chi connectivity index (χ4v) is 5.52. The predicted octanol–water partition coefficient (Wildman–Crippen LogP) is 4.54. The number of aromatic nitrogens is 2. The maximum absolute atomic E-state index is 13.3. The lowest BCUT2D eigenvalue weighted by molar-refractivity contribution is 0.0246. The van der Waals surface area contributed by atoms with Crippen molar-refractivity contribution in [2.24, 2.45) is 11.8 Å². The third kappa shape index (κ3) is 5.08. The van der Waals surface area contributed by atoms with Crippen LogP contribution in [0.2, 0.25) is 0 Å². The van der Waals surface area contributed by atoms with Crippen LogP contribution in [0.25, 0.3) is 10.9 Å². The average Bonchev–Trinajstić information content (AvgIpc) is 3.14. The number of nitrogens with zero attached hydrogens (tertiary/aromatic N) is 5. The Bertz CT molecular complexity index is 1150. The number of benzene rings is 1. The number of anilines is 1. The molecule has 4 heterocycles. The number of likely N-dealkylation sites (tertiary alicyclic amines) is 1. The second-order valence-electron chi connectivity index (χ2n) is 11.1. The number of amides is 1. The molecule has 186 valence electrons. The molecule has 1 aromatic carbocycles. The Balaban J connectivity index is 1.21. The van der Waals surface area contributed by atoms with E-state index < -0.39 is 0 Å². The van der Waals surface area contributed by atoms with E-state index in [4.69, 9.17) is 0 Å². The molecule has 2 aromatic heterocycles. The number of rotatable bonds is 7. The number of carbonyl (C=O) groups excluding carboxylic acids is 1. The number of piperazine rings is 1. The lowest BCUT2D eigenvalue weighted by atomic mass is 10.0. The maximum atomic E-state index is 13.3. The molecule has 0 aliphatic carbocycles. The van der Waals surface area contributed by atoms with Gasteiger partial charge in [-0.3, -0.25) is 9.69 Å². The van der Waals surface area contributed by atoms with Crippen LogP contribution in [0.15, 0.2) is 48.7 Å². The van der Waals surface area contributed by atoms with Gasteiger partial charge < -0.3 is 14.4 Å². The van der Waals surface area contributed by atoms with Crippen molar-refractivity contribution < 1.29 is 4.79 Å². The highest BCUT2D eigenvalue weighted by Crippen LogP contribution is 2.27. The van der Waals surface area contributed by atoms with Gasteiger partial charge in [0.2, 0.25) is 0 Å². The summed E-state index contributed by atoms with van der Waals surface area (Å²) in [4.78, 5) is 24.7. The SMILES string of the molecule is CC(C)Cc1cc2cc(C(=O)N3CC(N4CCN(c5ccccn5)CC4)C3)ccc2n1CC(C)C. The lowest BCUT2D eigenvalue weighted by Gasteiger charge is -2.48. The van der Waals surface area contributed by atoms with Gasteiger partial charge in [0.15, 0.2) is 0 Å². The van der Waals surface area contributed by atoms with Gasteiger partial charge in [0.05, 0.1) is 0 Å². The second kappa shape index (κ2) is 10.0. The van der Waals surface area contributed by atoms with Crippen molar-refractivity contribution >= 4 is 22.6 Å². The van der Waals surface area contributed by atoms with Crippen LogP contribution in [0.5, 0.6) is 0 Å². The van der Waals surface area contributed by atoms with Crippen LogP contribution < -0.4 is 4.90 Å². The molecule has 1 amide bonds. The highest BCUT2D eigenvalue weighted by Gasteiger charge is 2.36. The quantitative estimate of drug-likeness (QED) is 0.506. The molecule has 2 fully saturated rings. The van der Waals surface area contributed by atoms with Crippen LogP contribution in [0.4, 0.5) is 5.82 Å². The number of carbonyl (C=O) groups is 1. The molecular weight excluding hydrogens is 434 g/mol. The molecule has 0 radical (unpaired) electrons. The predicted molar refractivity (Wildman–Crippen MR) is 143 cm³/mol. The summed E-state index contributed by atoms with van der Waals surface area (Å²) in [6.45, 7) is 15.8. The minimum Gasteiger partial charge on any atom is -0.354 e. The van der Waals surface area contributed by atoms with E-state index >= 15 is 0 Å². The van der Waals surface area contributed by atoms with Gasteiger partial charge in [-0.05, 0) is 54.7 Å². The molecule has 0 unspecified atom stereocenters. The Hall–Kier alpha value is -2.86. The zero-order valence-corrected chi connectivity index (χ0v) is 21.7. The van der Waals surface area contributed by atoms with Gasteiger partial charge in [-0.15, -0.1) is 0 Å². The first-order valence-corrected chi connectivity index (χ1v) is 13.2. The summed E-state index contributed by atoms with van der Waals surface area (Å²) in [5.74, 6) is 2.42. The zero-order chi connectivity index (χ0) is 24.5. The van der Waals surface area contributed by atoms with E-state index in [2.05, 4.69) is 71.3 Å². The van der Waals surface area contributed by atoms with Crippen LogP contribution in [0.1, 0.15) is 43.7 Å². The summed E-state index contributed by atoms with van der Waals surface area (Å²) in [5.41, 5.74) is 3.44. The monoisotopic (exact) mass is 473 g/mol. The Morgan fingerprint density at radius 3 is 2.40 bits per heavy atom. The third-order valence-corrected chi connectivity index (χ3v) is 7.35. The molecule has 2 saturated heterocycles. The van der Waals surface area contributed by atoms with Crippen LogP contribution in [-0.2, 0) is 13.0 Å². The topological polar surface area (TPSA) is 44.6 Å². The van der Waals surface area contributed by atoms with E-state index in [0.717, 1.165) is 63.6 Å². The summed E-state index contributed by atoms with van der Waals surface area (Å²) in [6, 6.07) is 15.2. The van der Waals surface area contributed by atoms with Gasteiger partial charge >= 0.3 is 0 Å². The largest absolute Gasteiger partial charge is 0.354 e. The normalized spacial score (nSPS) is 17.5. The molecule has 6 heteroatoms. The fraction of sp³-hybridized carbons (Fsp3) is 0.517. The van der Waals surface area contributed by atoms with Crippen molar-refractivity contribution in [3.8, 4) is 0 Å².